The summed E-state index contributed by atoms with van der Waals surface area (Å²) in [6.45, 7) is 4.63. The zero-order valence-corrected chi connectivity index (χ0v) is 22.0. The predicted molar refractivity (Wildman–Crippen MR) is 123 cm³/mol. The Bertz CT molecular complexity index is 771. The SMILES string of the molecule is CO[C@@H]1[C@H](O)[C@H](I)[C@@H](O[C@H]2[C@@H](OC(C)=O)[C@@H](C)O[C@H](O)[C@@]2(O)[Se]c2ccccc2)O[C@@H]1C. The normalized spacial score (nSPS) is 42.4. The maximum atomic E-state index is 11.8. The van der Waals surface area contributed by atoms with Crippen molar-refractivity contribution in [3.05, 3.63) is 30.3 Å². The molecule has 0 spiro atoms. The van der Waals surface area contributed by atoms with E-state index in [1.807, 2.05) is 52.9 Å². The van der Waals surface area contributed by atoms with Crippen LogP contribution < -0.4 is 4.46 Å². The quantitative estimate of drug-likeness (QED) is 0.168. The van der Waals surface area contributed by atoms with Crippen LogP contribution in [-0.4, -0.2) is 101 Å². The number of rotatable bonds is 6. The second kappa shape index (κ2) is 10.9. The fraction of sp³-hybridized carbons (Fsp3) is 0.667. The minimum absolute atomic E-state index is 0.492. The Labute approximate surface area is 207 Å². The molecule has 1 aromatic rings. The van der Waals surface area contributed by atoms with Gasteiger partial charge in [0.1, 0.15) is 0 Å². The monoisotopic (exact) mass is 632 g/mol. The summed E-state index contributed by atoms with van der Waals surface area (Å²) in [5, 5.41) is 33.1. The average molecular weight is 631 g/mol. The van der Waals surface area contributed by atoms with E-state index >= 15 is 0 Å². The van der Waals surface area contributed by atoms with Crippen molar-refractivity contribution >= 4 is 48.0 Å². The molecule has 2 heterocycles. The molecule has 1 aromatic carbocycles. The number of alkyl halides is 1. The third-order valence-corrected chi connectivity index (χ3v) is 9.47. The van der Waals surface area contributed by atoms with E-state index < -0.39 is 78.6 Å². The van der Waals surface area contributed by atoms with Gasteiger partial charge < -0.3 is 0 Å². The molecule has 2 aliphatic heterocycles. The number of methoxy groups -OCH3 is 1. The number of halogens is 1. The van der Waals surface area contributed by atoms with Gasteiger partial charge in [-0.05, 0) is 0 Å². The van der Waals surface area contributed by atoms with Crippen LogP contribution in [0.1, 0.15) is 20.8 Å². The van der Waals surface area contributed by atoms with E-state index in [1.54, 1.807) is 13.8 Å². The second-order valence-electron chi connectivity index (χ2n) is 7.84. The van der Waals surface area contributed by atoms with Gasteiger partial charge in [-0.3, -0.25) is 0 Å². The van der Waals surface area contributed by atoms with Crippen molar-refractivity contribution in [1.82, 2.24) is 0 Å². The summed E-state index contributed by atoms with van der Waals surface area (Å²) < 4.78 is 26.9. The van der Waals surface area contributed by atoms with Gasteiger partial charge in [-0.15, -0.1) is 0 Å². The third kappa shape index (κ3) is 5.48. The van der Waals surface area contributed by atoms with Crippen LogP contribution in [0.2, 0.25) is 0 Å². The topological polar surface area (TPSA) is 124 Å². The Morgan fingerprint density at radius 2 is 1.75 bits per heavy atom. The summed E-state index contributed by atoms with van der Waals surface area (Å²) in [6, 6.07) is 9.15. The Morgan fingerprint density at radius 1 is 1.12 bits per heavy atom. The molecule has 0 amide bonds. The van der Waals surface area contributed by atoms with Crippen LogP contribution >= 0.6 is 22.6 Å². The van der Waals surface area contributed by atoms with Gasteiger partial charge >= 0.3 is 208 Å². The third-order valence-electron chi connectivity index (χ3n) is 5.48. The van der Waals surface area contributed by atoms with Crippen molar-refractivity contribution in [3.63, 3.8) is 0 Å². The first-order valence-electron chi connectivity index (χ1n) is 10.2. The molecule has 180 valence electrons. The van der Waals surface area contributed by atoms with E-state index in [1.165, 1.54) is 14.0 Å². The summed E-state index contributed by atoms with van der Waals surface area (Å²) in [7, 11) is 1.49. The first kappa shape index (κ1) is 26.3. The molecule has 0 bridgehead atoms. The van der Waals surface area contributed by atoms with E-state index in [0.29, 0.717) is 0 Å². The van der Waals surface area contributed by atoms with E-state index in [0.717, 1.165) is 4.46 Å². The Kier molecular flexibility index (Phi) is 8.98. The van der Waals surface area contributed by atoms with Gasteiger partial charge in [0, 0.05) is 0 Å². The summed E-state index contributed by atoms with van der Waals surface area (Å²) in [5.74, 6) is -0.576. The number of ether oxygens (including phenoxy) is 5. The predicted octanol–water partition coefficient (Wildman–Crippen LogP) is -0.317. The first-order chi connectivity index (χ1) is 15.1. The van der Waals surface area contributed by atoms with Crippen LogP contribution in [0.25, 0.3) is 0 Å². The number of benzene rings is 1. The zero-order valence-electron chi connectivity index (χ0n) is 18.2. The number of esters is 1. The molecule has 0 radical (unpaired) electrons. The van der Waals surface area contributed by atoms with Crippen molar-refractivity contribution in [1.29, 1.82) is 0 Å². The Balaban J connectivity index is 1.95. The van der Waals surface area contributed by atoms with Gasteiger partial charge in [-0.1, -0.05) is 0 Å². The number of aliphatic hydroxyl groups excluding tert-OH is 2. The molecule has 3 rings (SSSR count). The molecular formula is C21H29IO9Se. The maximum absolute atomic E-state index is 11.8. The van der Waals surface area contributed by atoms with Crippen molar-refractivity contribution in [2.75, 3.05) is 7.11 Å². The molecule has 9 nitrogen and oxygen atoms in total. The van der Waals surface area contributed by atoms with Crippen LogP contribution in [0.5, 0.6) is 0 Å². The van der Waals surface area contributed by atoms with E-state index in [2.05, 4.69) is 0 Å². The van der Waals surface area contributed by atoms with Crippen molar-refractivity contribution < 1.29 is 43.8 Å². The molecule has 3 N–H and O–H groups in total. The molecular weight excluding hydrogens is 602 g/mol. The fourth-order valence-electron chi connectivity index (χ4n) is 3.88. The Hall–Kier alpha value is -0.341. The van der Waals surface area contributed by atoms with Crippen molar-refractivity contribution in [3.8, 4) is 0 Å². The van der Waals surface area contributed by atoms with Gasteiger partial charge in [0.25, 0.3) is 0 Å². The molecule has 0 aromatic heterocycles. The van der Waals surface area contributed by atoms with Gasteiger partial charge in [-0.25, -0.2) is 0 Å². The molecule has 11 heteroatoms. The van der Waals surface area contributed by atoms with Gasteiger partial charge in [0.15, 0.2) is 0 Å². The second-order valence-corrected chi connectivity index (χ2v) is 12.1. The molecule has 2 saturated heterocycles. The molecule has 10 atom stereocenters. The van der Waals surface area contributed by atoms with E-state index in [9.17, 15) is 20.1 Å². The summed E-state index contributed by atoms with van der Waals surface area (Å²) in [5.41, 5.74) is 0. The standard InChI is InChI=1S/C21H29IO9Se/c1-10-16(27-4)15(24)14(22)19(28-10)31-18-17(30-12(3)23)11(2)29-20(25)21(18,26)32-13-8-6-5-7-9-13/h5-11,14-20,24-26H,1-4H3/t10-,11-,14+,15-,16+,17+,18+,19-,20+,21+/m1/s1. The van der Waals surface area contributed by atoms with E-state index in [4.69, 9.17) is 23.7 Å². The number of carbonyl (C=O) groups excluding carboxylic acids is 1. The van der Waals surface area contributed by atoms with Crippen LogP contribution in [-0.2, 0) is 28.5 Å². The minimum atomic E-state index is -1.90. The number of aliphatic hydroxyl groups is 3. The van der Waals surface area contributed by atoms with Crippen molar-refractivity contribution in [2.24, 2.45) is 0 Å². The van der Waals surface area contributed by atoms with E-state index in [-0.39, 0.29) is 0 Å². The summed E-state index contributed by atoms with van der Waals surface area (Å²) >= 11 is 1.27. The van der Waals surface area contributed by atoms with Gasteiger partial charge in [0.2, 0.25) is 0 Å². The molecule has 32 heavy (non-hydrogen) atoms. The molecule has 0 aliphatic carbocycles. The number of hydrogen-bond donors (Lipinski definition) is 3. The van der Waals surface area contributed by atoms with Crippen LogP contribution in [0.15, 0.2) is 30.3 Å². The van der Waals surface area contributed by atoms with Gasteiger partial charge in [0.05, 0.1) is 0 Å². The number of carbonyl (C=O) groups is 1. The average Bonchev–Trinajstić information content (AvgIpc) is 2.73. The fourth-order valence-corrected chi connectivity index (χ4v) is 7.00. The summed E-state index contributed by atoms with van der Waals surface area (Å²) in [6.07, 6.45) is -7.41. The first-order valence-corrected chi connectivity index (χ1v) is 13.2. The van der Waals surface area contributed by atoms with Crippen LogP contribution in [0.3, 0.4) is 0 Å². The molecule has 2 fully saturated rings. The van der Waals surface area contributed by atoms with Gasteiger partial charge in [-0.2, -0.15) is 0 Å². The zero-order chi connectivity index (χ0) is 23.6. The van der Waals surface area contributed by atoms with Crippen molar-refractivity contribution in [2.45, 2.75) is 78.4 Å². The summed E-state index contributed by atoms with van der Waals surface area (Å²) in [4.78, 5) is 11.8. The number of hydrogen-bond acceptors (Lipinski definition) is 9. The molecule has 0 saturated carbocycles. The molecule has 0 unspecified atom stereocenters. The Morgan fingerprint density at radius 3 is 2.34 bits per heavy atom. The van der Waals surface area contributed by atoms with Crippen LogP contribution in [0.4, 0.5) is 0 Å². The van der Waals surface area contributed by atoms with Crippen LogP contribution in [0, 0.1) is 0 Å². The molecule has 2 aliphatic rings.